The highest BCUT2D eigenvalue weighted by Crippen LogP contribution is 2.32. The number of nitrogens with one attached hydrogen (secondary N) is 1. The predicted molar refractivity (Wildman–Crippen MR) is 106 cm³/mol. The van der Waals surface area contributed by atoms with Crippen LogP contribution in [0.1, 0.15) is 15.9 Å². The van der Waals surface area contributed by atoms with Crippen molar-refractivity contribution in [2.24, 2.45) is 5.14 Å². The predicted octanol–water partition coefficient (Wildman–Crippen LogP) is 2.34. The molecule has 1 fully saturated rings. The van der Waals surface area contributed by atoms with Crippen molar-refractivity contribution in [2.45, 2.75) is 11.1 Å². The van der Waals surface area contributed by atoms with Crippen LogP contribution in [0.3, 0.4) is 0 Å². The number of sulfonamides is 1. The lowest BCUT2D eigenvalue weighted by Gasteiger charge is -2.35. The number of carbonyl (C=O) groups excluding carboxylic acids is 2. The van der Waals surface area contributed by atoms with Gasteiger partial charge in [0.05, 0.1) is 16.0 Å². The SMILES string of the molecule is NS(=O)(=O)c1cccc(NC(=O)N2CCN(C(=O)c3ccccc3C(F)(F)F)CC2)c1. The van der Waals surface area contributed by atoms with E-state index in [1.165, 1.54) is 46.2 Å². The third-order valence-electron chi connectivity index (χ3n) is 4.73. The van der Waals surface area contributed by atoms with E-state index in [1.54, 1.807) is 0 Å². The van der Waals surface area contributed by atoms with Crippen LogP contribution >= 0.6 is 0 Å². The third-order valence-corrected chi connectivity index (χ3v) is 5.64. The number of urea groups is 1. The Balaban J connectivity index is 1.64. The summed E-state index contributed by atoms with van der Waals surface area (Å²) in [5.74, 6) is -0.756. The minimum absolute atomic E-state index is 0.0513. The maximum Gasteiger partial charge on any atom is 0.417 e. The van der Waals surface area contributed by atoms with Crippen LogP contribution in [0.25, 0.3) is 0 Å². The van der Waals surface area contributed by atoms with Crippen LogP contribution in [0.5, 0.6) is 0 Å². The van der Waals surface area contributed by atoms with Gasteiger partial charge in [0.2, 0.25) is 10.0 Å². The number of hydrogen-bond acceptors (Lipinski definition) is 4. The van der Waals surface area contributed by atoms with Gasteiger partial charge in [-0.1, -0.05) is 18.2 Å². The molecule has 1 saturated heterocycles. The highest BCUT2D eigenvalue weighted by Gasteiger charge is 2.36. The minimum atomic E-state index is -4.65. The van der Waals surface area contributed by atoms with Crippen LogP contribution in [-0.4, -0.2) is 56.3 Å². The third kappa shape index (κ3) is 5.33. The Labute approximate surface area is 176 Å². The van der Waals surface area contributed by atoms with Gasteiger partial charge in [0.15, 0.2) is 0 Å². The summed E-state index contributed by atoms with van der Waals surface area (Å²) in [4.78, 5) is 27.5. The number of anilines is 1. The molecule has 1 heterocycles. The fourth-order valence-electron chi connectivity index (χ4n) is 3.15. The summed E-state index contributed by atoms with van der Waals surface area (Å²) < 4.78 is 62.4. The molecule has 1 aliphatic heterocycles. The molecule has 3 N–H and O–H groups in total. The number of halogens is 3. The van der Waals surface area contributed by atoms with Gasteiger partial charge in [0, 0.05) is 31.9 Å². The average molecular weight is 456 g/mol. The van der Waals surface area contributed by atoms with Gasteiger partial charge in [-0.05, 0) is 30.3 Å². The first-order valence-corrected chi connectivity index (χ1v) is 10.7. The van der Waals surface area contributed by atoms with Crippen LogP contribution in [0, 0.1) is 0 Å². The molecule has 12 heteroatoms. The zero-order valence-electron chi connectivity index (χ0n) is 16.1. The summed E-state index contributed by atoms with van der Waals surface area (Å²) in [5, 5.41) is 7.61. The van der Waals surface area contributed by atoms with Crippen molar-refractivity contribution >= 4 is 27.6 Å². The van der Waals surface area contributed by atoms with Crippen molar-refractivity contribution in [1.82, 2.24) is 9.80 Å². The van der Waals surface area contributed by atoms with Gasteiger partial charge in [-0.25, -0.2) is 18.4 Å². The molecule has 2 aromatic rings. The van der Waals surface area contributed by atoms with Gasteiger partial charge in [0.1, 0.15) is 0 Å². The fraction of sp³-hybridized carbons (Fsp3) is 0.263. The molecule has 0 radical (unpaired) electrons. The molecular weight excluding hydrogens is 437 g/mol. The van der Waals surface area contributed by atoms with Crippen molar-refractivity contribution in [3.05, 3.63) is 59.7 Å². The molecule has 1 aliphatic rings. The van der Waals surface area contributed by atoms with E-state index >= 15 is 0 Å². The number of nitrogens with two attached hydrogens (primary N) is 1. The first kappa shape index (κ1) is 22.6. The number of primary sulfonamides is 1. The number of hydrogen-bond donors (Lipinski definition) is 2. The van der Waals surface area contributed by atoms with Crippen molar-refractivity contribution in [2.75, 3.05) is 31.5 Å². The van der Waals surface area contributed by atoms with Crippen LogP contribution in [-0.2, 0) is 16.2 Å². The van der Waals surface area contributed by atoms with Crippen molar-refractivity contribution < 1.29 is 31.2 Å². The normalized spacial score (nSPS) is 15.0. The molecule has 8 nitrogen and oxygen atoms in total. The highest BCUT2D eigenvalue weighted by molar-refractivity contribution is 7.89. The summed E-state index contributed by atoms with van der Waals surface area (Å²) in [6, 6.07) is 9.43. The molecule has 0 bridgehead atoms. The molecule has 0 saturated carbocycles. The first-order valence-electron chi connectivity index (χ1n) is 9.11. The Morgan fingerprint density at radius 1 is 0.935 bits per heavy atom. The number of carbonyl (C=O) groups is 2. The molecular formula is C19H19F3N4O4S. The van der Waals surface area contributed by atoms with Crippen LogP contribution in [0.15, 0.2) is 53.4 Å². The second-order valence-corrected chi connectivity index (χ2v) is 8.39. The van der Waals surface area contributed by atoms with Crippen molar-refractivity contribution in [3.8, 4) is 0 Å². The molecule has 2 aromatic carbocycles. The quantitative estimate of drug-likeness (QED) is 0.738. The van der Waals surface area contributed by atoms with Crippen molar-refractivity contribution in [3.63, 3.8) is 0 Å². The second kappa shape index (κ2) is 8.55. The average Bonchev–Trinajstić information content (AvgIpc) is 2.72. The van der Waals surface area contributed by atoms with E-state index in [4.69, 9.17) is 5.14 Å². The molecule has 166 valence electrons. The van der Waals surface area contributed by atoms with E-state index in [-0.39, 0.29) is 36.8 Å². The summed E-state index contributed by atoms with van der Waals surface area (Å²) in [6.07, 6.45) is -4.65. The molecule has 3 rings (SSSR count). The molecule has 0 aromatic heterocycles. The lowest BCUT2D eigenvalue weighted by atomic mass is 10.1. The molecule has 0 unspecified atom stereocenters. The Kier molecular flexibility index (Phi) is 6.23. The van der Waals surface area contributed by atoms with Gasteiger partial charge in [-0.15, -0.1) is 0 Å². The zero-order valence-corrected chi connectivity index (χ0v) is 16.9. The smallest absolute Gasteiger partial charge is 0.335 e. The van der Waals surface area contributed by atoms with Gasteiger partial charge in [0.25, 0.3) is 5.91 Å². The maximum atomic E-state index is 13.2. The van der Waals surface area contributed by atoms with Gasteiger partial charge in [-0.3, -0.25) is 4.79 Å². The zero-order chi connectivity index (χ0) is 22.8. The number of nitrogens with zero attached hydrogens (tertiary/aromatic N) is 2. The minimum Gasteiger partial charge on any atom is -0.335 e. The summed E-state index contributed by atoms with van der Waals surface area (Å²) in [5.41, 5.74) is -1.23. The van der Waals surface area contributed by atoms with E-state index in [1.807, 2.05) is 0 Å². The van der Waals surface area contributed by atoms with Crippen LogP contribution in [0.2, 0.25) is 0 Å². The molecule has 31 heavy (non-hydrogen) atoms. The number of piperazine rings is 1. The Morgan fingerprint density at radius 2 is 1.55 bits per heavy atom. The lowest BCUT2D eigenvalue weighted by molar-refractivity contribution is -0.138. The Hall–Kier alpha value is -3.12. The summed E-state index contributed by atoms with van der Waals surface area (Å²) in [7, 11) is -3.93. The molecule has 0 atom stereocenters. The highest BCUT2D eigenvalue weighted by atomic mass is 32.2. The maximum absolute atomic E-state index is 13.2. The monoisotopic (exact) mass is 456 g/mol. The number of amides is 3. The van der Waals surface area contributed by atoms with Gasteiger partial charge in [-0.2, -0.15) is 13.2 Å². The van der Waals surface area contributed by atoms with E-state index in [2.05, 4.69) is 5.32 Å². The topological polar surface area (TPSA) is 113 Å². The van der Waals surface area contributed by atoms with Gasteiger partial charge >= 0.3 is 12.2 Å². The van der Waals surface area contributed by atoms with Gasteiger partial charge < -0.3 is 15.1 Å². The number of benzene rings is 2. The fourth-order valence-corrected chi connectivity index (χ4v) is 3.71. The number of rotatable bonds is 3. The second-order valence-electron chi connectivity index (χ2n) is 6.83. The lowest BCUT2D eigenvalue weighted by Crippen LogP contribution is -2.51. The molecule has 0 aliphatic carbocycles. The van der Waals surface area contributed by atoms with Crippen LogP contribution < -0.4 is 10.5 Å². The standard InChI is InChI=1S/C19H19F3N4O4S/c20-19(21,22)16-7-2-1-6-15(16)17(27)25-8-10-26(11-9-25)18(28)24-13-4-3-5-14(12-13)31(23,29)30/h1-7,12H,8-11H2,(H,24,28)(H2,23,29,30). The Morgan fingerprint density at radius 3 is 2.16 bits per heavy atom. The van der Waals surface area contributed by atoms with E-state index in [0.29, 0.717) is 0 Å². The van der Waals surface area contributed by atoms with Crippen molar-refractivity contribution in [1.29, 1.82) is 0 Å². The summed E-state index contributed by atoms with van der Waals surface area (Å²) >= 11 is 0. The summed E-state index contributed by atoms with van der Waals surface area (Å²) in [6.45, 7) is 0.298. The molecule has 3 amide bonds. The molecule has 0 spiro atoms. The van der Waals surface area contributed by atoms with E-state index < -0.39 is 39.3 Å². The largest absolute Gasteiger partial charge is 0.417 e. The number of alkyl halides is 3. The first-order chi connectivity index (χ1) is 14.5. The van der Waals surface area contributed by atoms with E-state index in [9.17, 15) is 31.2 Å². The van der Waals surface area contributed by atoms with Crippen LogP contribution in [0.4, 0.5) is 23.7 Å². The Bertz CT molecular complexity index is 1100. The van der Waals surface area contributed by atoms with E-state index in [0.717, 1.165) is 12.1 Å².